The number of alkyl halides is 1. The fourth-order valence-electron chi connectivity index (χ4n) is 6.75. The molecule has 234 valence electrons. The van der Waals surface area contributed by atoms with Crippen molar-refractivity contribution in [2.45, 2.75) is 82.5 Å². The van der Waals surface area contributed by atoms with Gasteiger partial charge in [-0.25, -0.2) is 4.39 Å². The average Bonchev–Trinajstić information content (AvgIpc) is 3.42. The first-order chi connectivity index (χ1) is 20.3. The van der Waals surface area contributed by atoms with Crippen LogP contribution in [0.2, 0.25) is 5.02 Å². The van der Waals surface area contributed by atoms with Crippen LogP contribution in [0.4, 0.5) is 10.1 Å². The van der Waals surface area contributed by atoms with Crippen molar-refractivity contribution in [2.75, 3.05) is 18.5 Å². The SMILES string of the molecule is C=C(/C=C\C=C(\Cl)CF)[C@H]1[C@H](C(=O)NC2CCC(OC(=O)CN)CC2)N[C@H](CC(C)(C)C)[C@]12C(=O)Nc1cc(Cl)ccc12. The van der Waals surface area contributed by atoms with E-state index >= 15 is 0 Å². The van der Waals surface area contributed by atoms with E-state index in [1.54, 1.807) is 24.3 Å². The lowest BCUT2D eigenvalue weighted by atomic mass is 9.62. The van der Waals surface area contributed by atoms with Crippen LogP contribution < -0.4 is 21.7 Å². The van der Waals surface area contributed by atoms with Crippen molar-refractivity contribution in [1.29, 1.82) is 0 Å². The summed E-state index contributed by atoms with van der Waals surface area (Å²) in [5.74, 6) is -1.60. The number of esters is 1. The average molecular weight is 636 g/mol. The molecule has 1 aromatic rings. The van der Waals surface area contributed by atoms with Crippen molar-refractivity contribution < 1.29 is 23.5 Å². The molecule has 11 heteroatoms. The van der Waals surface area contributed by atoms with Crippen LogP contribution >= 0.6 is 23.2 Å². The van der Waals surface area contributed by atoms with E-state index in [2.05, 4.69) is 43.3 Å². The molecule has 1 spiro atoms. The lowest BCUT2D eigenvalue weighted by molar-refractivity contribution is -0.149. The van der Waals surface area contributed by atoms with Gasteiger partial charge in [0.25, 0.3) is 0 Å². The number of nitrogens with two attached hydrogens (primary N) is 1. The van der Waals surface area contributed by atoms with E-state index in [4.69, 9.17) is 33.7 Å². The number of ether oxygens (including phenoxy) is 1. The monoisotopic (exact) mass is 634 g/mol. The summed E-state index contributed by atoms with van der Waals surface area (Å²) >= 11 is 12.2. The summed E-state index contributed by atoms with van der Waals surface area (Å²) < 4.78 is 18.4. The molecule has 1 saturated heterocycles. The number of nitrogens with one attached hydrogen (secondary N) is 3. The standard InChI is InChI=1S/C32H41Cl2FN4O4/c1-18(6-5-7-20(34)16-35)27-28(29(41)37-21-9-11-22(12-10-21)43-26(40)17-36)39-25(15-31(2,3)4)32(27)23-13-8-19(33)14-24(23)38-30(32)42/h5-8,13-14,21-22,25,27-28,39H,1,9-12,15-17,36H2,2-4H3,(H,37,41)(H,38,42)/b6-5-,20-7+/t21?,22?,25-,27+,28-,32+/m1/s1. The van der Waals surface area contributed by atoms with Gasteiger partial charge in [0.15, 0.2) is 0 Å². The Labute approximate surface area is 262 Å². The van der Waals surface area contributed by atoms with Crippen LogP contribution in [0.15, 0.2) is 53.6 Å². The molecule has 4 atom stereocenters. The highest BCUT2D eigenvalue weighted by Gasteiger charge is 2.65. The molecular formula is C32H41Cl2FN4O4. The van der Waals surface area contributed by atoms with E-state index in [9.17, 15) is 18.8 Å². The summed E-state index contributed by atoms with van der Waals surface area (Å²) in [4.78, 5) is 39.9. The predicted octanol–water partition coefficient (Wildman–Crippen LogP) is 5.06. The second-order valence-electron chi connectivity index (χ2n) is 12.8. The molecule has 0 aromatic heterocycles. The lowest BCUT2D eigenvalue weighted by Crippen LogP contribution is -2.51. The Morgan fingerprint density at radius 3 is 2.58 bits per heavy atom. The van der Waals surface area contributed by atoms with E-state index in [0.717, 1.165) is 5.56 Å². The smallest absolute Gasteiger partial charge is 0.319 e. The van der Waals surface area contributed by atoms with Crippen LogP contribution in [0.25, 0.3) is 0 Å². The number of benzene rings is 1. The van der Waals surface area contributed by atoms with Gasteiger partial charge in [-0.2, -0.15) is 0 Å². The molecule has 8 nitrogen and oxygen atoms in total. The minimum absolute atomic E-state index is 0.0227. The van der Waals surface area contributed by atoms with E-state index < -0.39 is 36.1 Å². The highest BCUT2D eigenvalue weighted by molar-refractivity contribution is 6.31. The highest BCUT2D eigenvalue weighted by atomic mass is 35.5. The van der Waals surface area contributed by atoms with Gasteiger partial charge in [-0.3, -0.25) is 14.4 Å². The first-order valence-electron chi connectivity index (χ1n) is 14.6. The minimum atomic E-state index is -1.17. The van der Waals surface area contributed by atoms with Gasteiger partial charge in [-0.15, -0.1) is 0 Å². The third kappa shape index (κ3) is 7.17. The van der Waals surface area contributed by atoms with E-state index in [-0.39, 0.29) is 41.0 Å². The third-order valence-corrected chi connectivity index (χ3v) is 8.97. The van der Waals surface area contributed by atoms with Gasteiger partial charge in [0.2, 0.25) is 11.8 Å². The van der Waals surface area contributed by atoms with Crippen LogP contribution in [0.5, 0.6) is 0 Å². The van der Waals surface area contributed by atoms with Gasteiger partial charge in [-0.05, 0) is 66.9 Å². The molecule has 1 aliphatic carbocycles. The van der Waals surface area contributed by atoms with Gasteiger partial charge in [0.05, 0.1) is 12.6 Å². The van der Waals surface area contributed by atoms with Crippen molar-refractivity contribution in [1.82, 2.24) is 10.6 Å². The zero-order chi connectivity index (χ0) is 31.5. The Balaban J connectivity index is 1.71. The Morgan fingerprint density at radius 1 is 1.26 bits per heavy atom. The fourth-order valence-corrected chi connectivity index (χ4v) is 6.99. The number of amides is 2. The van der Waals surface area contributed by atoms with Crippen molar-refractivity contribution >= 4 is 46.7 Å². The van der Waals surface area contributed by atoms with Gasteiger partial charge in [0.1, 0.15) is 18.2 Å². The third-order valence-electron chi connectivity index (χ3n) is 8.50. The normalized spacial score (nSPS) is 29.0. The van der Waals surface area contributed by atoms with Crippen LogP contribution in [-0.2, 0) is 24.5 Å². The second kappa shape index (κ2) is 13.5. The molecule has 2 fully saturated rings. The number of hydrogen-bond acceptors (Lipinski definition) is 6. The maximum absolute atomic E-state index is 14.2. The largest absolute Gasteiger partial charge is 0.461 e. The number of rotatable bonds is 9. The predicted molar refractivity (Wildman–Crippen MR) is 168 cm³/mol. The zero-order valence-corrected chi connectivity index (χ0v) is 26.4. The lowest BCUT2D eigenvalue weighted by Gasteiger charge is -2.38. The number of carbonyl (C=O) groups is 3. The molecule has 0 unspecified atom stereocenters. The molecule has 2 amide bonds. The molecule has 2 heterocycles. The zero-order valence-electron chi connectivity index (χ0n) is 24.9. The summed E-state index contributed by atoms with van der Waals surface area (Å²) in [5.41, 5.74) is 5.90. The van der Waals surface area contributed by atoms with Crippen LogP contribution in [0, 0.1) is 11.3 Å². The van der Waals surface area contributed by atoms with E-state index in [1.165, 1.54) is 6.08 Å². The molecular weight excluding hydrogens is 594 g/mol. The molecule has 43 heavy (non-hydrogen) atoms. The van der Waals surface area contributed by atoms with E-state index in [0.29, 0.717) is 48.4 Å². The van der Waals surface area contributed by atoms with Crippen LogP contribution in [0.1, 0.15) is 58.4 Å². The van der Waals surface area contributed by atoms with Crippen molar-refractivity contribution in [2.24, 2.45) is 17.1 Å². The molecule has 4 rings (SSSR count). The maximum Gasteiger partial charge on any atom is 0.319 e. The molecule has 1 aromatic carbocycles. The molecule has 1 saturated carbocycles. The molecule has 3 aliphatic rings. The Morgan fingerprint density at radius 2 is 1.95 bits per heavy atom. The Bertz CT molecular complexity index is 1320. The van der Waals surface area contributed by atoms with Gasteiger partial charge >= 0.3 is 5.97 Å². The maximum atomic E-state index is 14.2. The first kappa shape index (κ1) is 33.2. The number of hydrogen-bond donors (Lipinski definition) is 4. The second-order valence-corrected chi connectivity index (χ2v) is 13.7. The Kier molecular flexibility index (Phi) is 10.4. The molecule has 0 radical (unpaired) electrons. The fraction of sp³-hybridized carbons (Fsp3) is 0.531. The van der Waals surface area contributed by atoms with Crippen molar-refractivity contribution in [3.63, 3.8) is 0 Å². The van der Waals surface area contributed by atoms with Crippen molar-refractivity contribution in [3.8, 4) is 0 Å². The van der Waals surface area contributed by atoms with Crippen LogP contribution in [-0.4, -0.2) is 55.2 Å². The number of anilines is 1. The van der Waals surface area contributed by atoms with E-state index in [1.807, 2.05) is 6.07 Å². The first-order valence-corrected chi connectivity index (χ1v) is 15.4. The summed E-state index contributed by atoms with van der Waals surface area (Å²) in [7, 11) is 0. The number of carbonyl (C=O) groups excluding carboxylic acids is 3. The van der Waals surface area contributed by atoms with Gasteiger partial charge < -0.3 is 26.4 Å². The van der Waals surface area contributed by atoms with Gasteiger partial charge in [-0.1, -0.05) is 68.8 Å². The topological polar surface area (TPSA) is 123 Å². The molecule has 0 bridgehead atoms. The molecule has 5 N–H and O–H groups in total. The van der Waals surface area contributed by atoms with Crippen molar-refractivity contribution in [3.05, 3.63) is 64.2 Å². The molecule has 2 aliphatic heterocycles. The summed E-state index contributed by atoms with van der Waals surface area (Å²) in [6.07, 6.45) is 7.57. The summed E-state index contributed by atoms with van der Waals surface area (Å²) in [6, 6.07) is 3.97. The number of halogens is 3. The number of fused-ring (bicyclic) bond motifs is 2. The minimum Gasteiger partial charge on any atom is -0.461 e. The quantitative estimate of drug-likeness (QED) is 0.223. The van der Waals surface area contributed by atoms with Gasteiger partial charge in [0, 0.05) is 33.7 Å². The van der Waals surface area contributed by atoms with Crippen LogP contribution in [0.3, 0.4) is 0 Å². The summed E-state index contributed by atoms with van der Waals surface area (Å²) in [5, 5.41) is 10.3. The number of allylic oxidation sites excluding steroid dienone is 4. The summed E-state index contributed by atoms with van der Waals surface area (Å²) in [6.45, 7) is 9.62. The Hall–Kier alpha value is -2.72. The highest BCUT2D eigenvalue weighted by Crippen LogP contribution is 2.55.